The van der Waals surface area contributed by atoms with Gasteiger partial charge in [0.1, 0.15) is 0 Å². The Labute approximate surface area is 142 Å². The Morgan fingerprint density at radius 1 is 1.33 bits per heavy atom. The van der Waals surface area contributed by atoms with Crippen LogP contribution in [0.4, 0.5) is 0 Å². The maximum atomic E-state index is 12.8. The first-order valence-electron chi connectivity index (χ1n) is 8.71. The van der Waals surface area contributed by atoms with Crippen LogP contribution in [0.15, 0.2) is 28.7 Å². The van der Waals surface area contributed by atoms with Crippen molar-refractivity contribution in [1.29, 1.82) is 0 Å². The number of hydrogen-bond donors (Lipinski definition) is 0. The first-order valence-corrected chi connectivity index (χ1v) is 8.71. The lowest BCUT2D eigenvalue weighted by molar-refractivity contribution is -0.129. The fraction of sp³-hybridized carbons (Fsp3) is 0.526. The van der Waals surface area contributed by atoms with Gasteiger partial charge in [0.15, 0.2) is 0 Å². The largest absolute Gasteiger partial charge is 0.425 e. The van der Waals surface area contributed by atoms with Gasteiger partial charge in [0.05, 0.1) is 11.8 Å². The minimum atomic E-state index is -0.122. The van der Waals surface area contributed by atoms with Gasteiger partial charge in [0, 0.05) is 20.0 Å². The molecule has 24 heavy (non-hydrogen) atoms. The zero-order valence-electron chi connectivity index (χ0n) is 14.3. The molecule has 0 bridgehead atoms. The topological polar surface area (TPSA) is 59.2 Å². The van der Waals surface area contributed by atoms with Gasteiger partial charge in [-0.15, -0.1) is 10.2 Å². The highest BCUT2D eigenvalue weighted by atomic mass is 16.4. The van der Waals surface area contributed by atoms with Gasteiger partial charge in [-0.2, -0.15) is 0 Å². The van der Waals surface area contributed by atoms with Crippen molar-refractivity contribution in [2.75, 3.05) is 13.1 Å². The lowest BCUT2D eigenvalue weighted by atomic mass is 9.80. The predicted molar refractivity (Wildman–Crippen MR) is 89.5 cm³/mol. The van der Waals surface area contributed by atoms with Gasteiger partial charge in [-0.05, 0) is 36.8 Å². The number of aryl methyl sites for hydroxylation is 2. The molecule has 1 saturated carbocycles. The number of carbonyl (C=O) groups is 1. The third kappa shape index (κ3) is 2.43. The Morgan fingerprint density at radius 3 is 2.92 bits per heavy atom. The quantitative estimate of drug-likeness (QED) is 0.871. The molecule has 1 aliphatic carbocycles. The SMILES string of the molecule is Cc1nnc([C@]23CCC[C@H]2CN(C(=O)Cc2ccccc2C)C3)o1. The number of hydrogen-bond acceptors (Lipinski definition) is 4. The van der Waals surface area contributed by atoms with Gasteiger partial charge >= 0.3 is 0 Å². The number of fused-ring (bicyclic) bond motifs is 1. The van der Waals surface area contributed by atoms with E-state index in [-0.39, 0.29) is 11.3 Å². The van der Waals surface area contributed by atoms with Gasteiger partial charge in [-0.1, -0.05) is 30.7 Å². The number of benzene rings is 1. The molecule has 2 fully saturated rings. The summed E-state index contributed by atoms with van der Waals surface area (Å²) in [5.41, 5.74) is 2.16. The standard InChI is InChI=1S/C19H23N3O2/c1-13-6-3-4-7-15(13)10-17(23)22-11-16-8-5-9-19(16,12-22)18-21-20-14(2)24-18/h3-4,6-7,16H,5,8-12H2,1-2H3/t16-,19-/m0/s1. The van der Waals surface area contributed by atoms with Crippen LogP contribution in [0.1, 0.15) is 42.2 Å². The Hall–Kier alpha value is -2.17. The third-order valence-electron chi connectivity index (χ3n) is 5.78. The van der Waals surface area contributed by atoms with Crippen molar-refractivity contribution in [3.8, 4) is 0 Å². The number of amides is 1. The van der Waals surface area contributed by atoms with Gasteiger partial charge in [0.2, 0.25) is 17.7 Å². The molecule has 126 valence electrons. The van der Waals surface area contributed by atoms with E-state index in [1.165, 1.54) is 12.0 Å². The molecule has 1 aromatic carbocycles. The Morgan fingerprint density at radius 2 is 2.17 bits per heavy atom. The molecule has 4 rings (SSSR count). The molecule has 5 heteroatoms. The molecule has 2 aromatic rings. The maximum absolute atomic E-state index is 12.8. The zero-order chi connectivity index (χ0) is 16.7. The van der Waals surface area contributed by atoms with Crippen LogP contribution >= 0.6 is 0 Å². The minimum absolute atomic E-state index is 0.122. The van der Waals surface area contributed by atoms with Crippen LogP contribution in [0, 0.1) is 19.8 Å². The van der Waals surface area contributed by atoms with E-state index in [1.807, 2.05) is 30.0 Å². The second-order valence-electron chi connectivity index (χ2n) is 7.25. The summed E-state index contributed by atoms with van der Waals surface area (Å²) in [6.07, 6.45) is 3.81. The number of aromatic nitrogens is 2. The summed E-state index contributed by atoms with van der Waals surface area (Å²) in [6, 6.07) is 8.11. The van der Waals surface area contributed by atoms with Gasteiger partial charge in [0.25, 0.3) is 0 Å². The van der Waals surface area contributed by atoms with E-state index < -0.39 is 0 Å². The van der Waals surface area contributed by atoms with Crippen molar-refractivity contribution in [2.45, 2.75) is 44.9 Å². The van der Waals surface area contributed by atoms with Crippen molar-refractivity contribution < 1.29 is 9.21 Å². The Balaban J connectivity index is 1.55. The van der Waals surface area contributed by atoms with E-state index >= 15 is 0 Å². The third-order valence-corrected chi connectivity index (χ3v) is 5.78. The molecule has 0 spiro atoms. The fourth-order valence-corrected chi connectivity index (χ4v) is 4.41. The Kier molecular flexibility index (Phi) is 3.66. The first-order chi connectivity index (χ1) is 11.6. The molecule has 0 radical (unpaired) electrons. The molecule has 0 unspecified atom stereocenters. The molecule has 2 aliphatic rings. The summed E-state index contributed by atoms with van der Waals surface area (Å²) in [5, 5.41) is 8.31. The van der Waals surface area contributed by atoms with Crippen LogP contribution < -0.4 is 0 Å². The van der Waals surface area contributed by atoms with Crippen molar-refractivity contribution in [1.82, 2.24) is 15.1 Å². The number of carbonyl (C=O) groups excluding carboxylic acids is 1. The highest BCUT2D eigenvalue weighted by Gasteiger charge is 2.54. The average molecular weight is 325 g/mol. The molecule has 1 aliphatic heterocycles. The van der Waals surface area contributed by atoms with E-state index in [1.54, 1.807) is 0 Å². The fourth-order valence-electron chi connectivity index (χ4n) is 4.41. The van der Waals surface area contributed by atoms with Crippen molar-refractivity contribution >= 4 is 5.91 Å². The van der Waals surface area contributed by atoms with Crippen molar-refractivity contribution in [3.63, 3.8) is 0 Å². The summed E-state index contributed by atoms with van der Waals surface area (Å²) in [5.74, 6) is 1.98. The lowest BCUT2D eigenvalue weighted by Gasteiger charge is -2.24. The smallest absolute Gasteiger partial charge is 0.227 e. The van der Waals surface area contributed by atoms with E-state index in [4.69, 9.17) is 4.42 Å². The molecule has 0 N–H and O–H groups in total. The monoisotopic (exact) mass is 325 g/mol. The Bertz CT molecular complexity index is 769. The van der Waals surface area contributed by atoms with Crippen molar-refractivity contribution in [3.05, 3.63) is 47.2 Å². The summed E-state index contributed by atoms with van der Waals surface area (Å²) in [6.45, 7) is 5.41. The lowest BCUT2D eigenvalue weighted by Crippen LogP contribution is -2.35. The molecular weight excluding hydrogens is 302 g/mol. The van der Waals surface area contributed by atoms with Crippen LogP contribution in [-0.2, 0) is 16.6 Å². The summed E-state index contributed by atoms with van der Waals surface area (Å²) < 4.78 is 5.78. The van der Waals surface area contributed by atoms with Crippen LogP contribution in [0.3, 0.4) is 0 Å². The average Bonchev–Trinajstić information content (AvgIpc) is 3.23. The van der Waals surface area contributed by atoms with E-state index in [9.17, 15) is 4.79 Å². The van der Waals surface area contributed by atoms with E-state index in [0.29, 0.717) is 24.8 Å². The molecule has 1 amide bonds. The summed E-state index contributed by atoms with van der Waals surface area (Å²) in [7, 11) is 0. The highest BCUT2D eigenvalue weighted by Crippen LogP contribution is 2.50. The van der Waals surface area contributed by atoms with Crippen LogP contribution in [0.25, 0.3) is 0 Å². The zero-order valence-corrected chi connectivity index (χ0v) is 14.3. The molecule has 2 heterocycles. The number of likely N-dealkylation sites (tertiary alicyclic amines) is 1. The van der Waals surface area contributed by atoms with Gasteiger partial charge in [-0.3, -0.25) is 4.79 Å². The van der Waals surface area contributed by atoms with Crippen LogP contribution in [0.5, 0.6) is 0 Å². The minimum Gasteiger partial charge on any atom is -0.425 e. The molecule has 5 nitrogen and oxygen atoms in total. The first kappa shape index (κ1) is 15.4. The van der Waals surface area contributed by atoms with Gasteiger partial charge in [-0.25, -0.2) is 0 Å². The highest BCUT2D eigenvalue weighted by molar-refractivity contribution is 5.79. The molecule has 1 saturated heterocycles. The van der Waals surface area contributed by atoms with Crippen LogP contribution in [0.2, 0.25) is 0 Å². The second-order valence-corrected chi connectivity index (χ2v) is 7.25. The predicted octanol–water partition coefficient (Wildman–Crippen LogP) is 2.81. The van der Waals surface area contributed by atoms with Crippen LogP contribution in [-0.4, -0.2) is 34.1 Å². The molecule has 1 aromatic heterocycles. The summed E-state index contributed by atoms with van der Waals surface area (Å²) in [4.78, 5) is 14.8. The second kappa shape index (κ2) is 5.72. The maximum Gasteiger partial charge on any atom is 0.227 e. The number of rotatable bonds is 3. The molecule has 2 atom stereocenters. The van der Waals surface area contributed by atoms with E-state index in [2.05, 4.69) is 23.2 Å². The summed E-state index contributed by atoms with van der Waals surface area (Å²) >= 11 is 0. The molecular formula is C19H23N3O2. The van der Waals surface area contributed by atoms with E-state index in [0.717, 1.165) is 30.8 Å². The van der Waals surface area contributed by atoms with Gasteiger partial charge < -0.3 is 9.32 Å². The number of nitrogens with zero attached hydrogens (tertiary/aromatic N) is 3. The normalized spacial score (nSPS) is 25.9. The van der Waals surface area contributed by atoms with Crippen molar-refractivity contribution in [2.24, 2.45) is 5.92 Å².